The quantitative estimate of drug-likeness (QED) is 0.202. The summed E-state index contributed by atoms with van der Waals surface area (Å²) in [6, 6.07) is 14.3. The highest BCUT2D eigenvalue weighted by Crippen LogP contribution is 2.42. The number of hydrogen-bond donors (Lipinski definition) is 1. The van der Waals surface area contributed by atoms with Gasteiger partial charge < -0.3 is 14.1 Å². The first-order valence-corrected chi connectivity index (χ1v) is 18.0. The summed E-state index contributed by atoms with van der Waals surface area (Å²) in [7, 11) is -4.23. The van der Waals surface area contributed by atoms with Gasteiger partial charge in [-0.25, -0.2) is 32.5 Å². The Morgan fingerprint density at radius 1 is 1.04 bits per heavy atom. The number of carbonyl (C=O) groups is 1. The van der Waals surface area contributed by atoms with Gasteiger partial charge in [0.2, 0.25) is 17.5 Å². The van der Waals surface area contributed by atoms with Gasteiger partial charge in [-0.15, -0.1) is 0 Å². The van der Waals surface area contributed by atoms with E-state index in [0.29, 0.717) is 41.4 Å². The monoisotopic (exact) mass is 684 g/mol. The van der Waals surface area contributed by atoms with Crippen molar-refractivity contribution in [1.82, 2.24) is 24.8 Å². The van der Waals surface area contributed by atoms with Gasteiger partial charge in [-0.1, -0.05) is 24.3 Å². The molecule has 0 radical (unpaired) electrons. The third-order valence-corrected chi connectivity index (χ3v) is 11.0. The average molecular weight is 685 g/mol. The SMILES string of the molecule is Cc1cccc(C)c1-c1cc2nc(n1)NS(=O)(=O)c1cccc(c1)C(=O)N(Cc1cnc3oc(C4CC4)cc3n1)[C@H](CC1(F)CCC1)CO2.[HH]. The first-order chi connectivity index (χ1) is 23.5. The minimum Gasteiger partial charge on any atom is -0.475 e. The van der Waals surface area contributed by atoms with E-state index < -0.39 is 27.6 Å². The van der Waals surface area contributed by atoms with E-state index >= 15 is 4.39 Å². The van der Waals surface area contributed by atoms with Crippen molar-refractivity contribution in [3.8, 4) is 17.1 Å². The Morgan fingerprint density at radius 2 is 1.82 bits per heavy atom. The van der Waals surface area contributed by atoms with Crippen LogP contribution in [0.4, 0.5) is 10.3 Å². The van der Waals surface area contributed by atoms with Gasteiger partial charge in [0.15, 0.2) is 0 Å². The maximum atomic E-state index is 16.0. The van der Waals surface area contributed by atoms with Crippen molar-refractivity contribution in [2.45, 2.75) is 81.4 Å². The van der Waals surface area contributed by atoms with Crippen LogP contribution in [0.15, 0.2) is 70.1 Å². The number of amides is 1. The molecule has 1 amide bonds. The number of alkyl halides is 1. The Balaban J connectivity index is 0.00000392. The molecule has 4 heterocycles. The summed E-state index contributed by atoms with van der Waals surface area (Å²) in [5.74, 6) is 0.629. The van der Waals surface area contributed by atoms with Crippen molar-refractivity contribution in [2.75, 3.05) is 11.3 Å². The minimum absolute atomic E-state index is 0. The standard InChI is InChI=1S/C36H35FN6O5S.H2/c1-21-6-3-7-22(2)32(21)28-16-31-41-35(40-28)42-49(45,46)27-9-4-8-24(14-27)34(44)43(26(20-47-31)17-36(37)12-5-13-36)19-25-18-38-33-29(39-25)15-30(48-33)23-10-11-23;/h3-4,6-9,14-16,18,23,26H,5,10-13,17,19-20H2,1-2H3,(H,40,41,42);1H/t26-;/m1./s1. The number of furan rings is 1. The number of carbonyl (C=O) groups excluding carboxylic acids is 1. The summed E-state index contributed by atoms with van der Waals surface area (Å²) in [5, 5.41) is 0. The number of nitrogens with one attached hydrogen (secondary N) is 1. The minimum atomic E-state index is -4.23. The summed E-state index contributed by atoms with van der Waals surface area (Å²) in [5.41, 5.74) is 3.25. The van der Waals surface area contributed by atoms with Crippen LogP contribution in [0.3, 0.4) is 0 Å². The lowest BCUT2D eigenvalue weighted by molar-refractivity contribution is 0.00500. The molecule has 1 atom stereocenters. The molecule has 2 aliphatic carbocycles. The number of rotatable bonds is 6. The van der Waals surface area contributed by atoms with E-state index in [2.05, 4.69) is 19.7 Å². The fourth-order valence-corrected chi connectivity index (χ4v) is 7.71. The lowest BCUT2D eigenvalue weighted by atomic mass is 9.77. The van der Waals surface area contributed by atoms with E-state index in [-0.39, 0.29) is 43.3 Å². The Hall–Kier alpha value is -4.91. The van der Waals surface area contributed by atoms with Crippen molar-refractivity contribution in [2.24, 2.45) is 0 Å². The maximum absolute atomic E-state index is 16.0. The van der Waals surface area contributed by atoms with Crippen molar-refractivity contribution < 1.29 is 28.2 Å². The Labute approximate surface area is 284 Å². The van der Waals surface area contributed by atoms with E-state index in [0.717, 1.165) is 41.7 Å². The number of aromatic nitrogens is 4. The van der Waals surface area contributed by atoms with Crippen LogP contribution < -0.4 is 9.46 Å². The predicted molar refractivity (Wildman–Crippen MR) is 182 cm³/mol. The first-order valence-electron chi connectivity index (χ1n) is 16.5. The number of benzene rings is 2. The zero-order chi connectivity index (χ0) is 33.9. The zero-order valence-electron chi connectivity index (χ0n) is 27.1. The van der Waals surface area contributed by atoms with Crippen LogP contribution >= 0.6 is 0 Å². The molecule has 2 saturated carbocycles. The summed E-state index contributed by atoms with van der Waals surface area (Å²) in [6.45, 7) is 3.75. The van der Waals surface area contributed by atoms with Gasteiger partial charge in [0.05, 0.1) is 35.1 Å². The second kappa shape index (κ2) is 11.9. The van der Waals surface area contributed by atoms with E-state index in [4.69, 9.17) is 14.1 Å². The van der Waals surface area contributed by atoms with Crippen LogP contribution in [-0.2, 0) is 16.6 Å². The van der Waals surface area contributed by atoms with E-state index in [1.54, 1.807) is 18.3 Å². The van der Waals surface area contributed by atoms with Gasteiger partial charge in [0.25, 0.3) is 15.9 Å². The highest BCUT2D eigenvalue weighted by atomic mass is 32.2. The summed E-state index contributed by atoms with van der Waals surface area (Å²) in [6.07, 6.45) is 5.21. The summed E-state index contributed by atoms with van der Waals surface area (Å²) in [4.78, 5) is 34.0. The summed E-state index contributed by atoms with van der Waals surface area (Å²) >= 11 is 0. The number of ether oxygens (including phenoxy) is 1. The predicted octanol–water partition coefficient (Wildman–Crippen LogP) is 6.91. The average Bonchev–Trinajstić information content (AvgIpc) is 3.82. The van der Waals surface area contributed by atoms with Crippen LogP contribution in [0.25, 0.3) is 22.5 Å². The molecule has 0 unspecified atom stereocenters. The largest absolute Gasteiger partial charge is 0.475 e. The molecule has 13 heteroatoms. The third kappa shape index (κ3) is 6.23. The van der Waals surface area contributed by atoms with Crippen LogP contribution in [0.1, 0.15) is 78.8 Å². The van der Waals surface area contributed by atoms with Crippen molar-refractivity contribution in [3.63, 3.8) is 0 Å². The smallest absolute Gasteiger partial charge is 0.264 e. The molecule has 8 rings (SSSR count). The van der Waals surface area contributed by atoms with Gasteiger partial charge in [0, 0.05) is 37.0 Å². The fourth-order valence-electron chi connectivity index (χ4n) is 6.73. The molecule has 1 aliphatic heterocycles. The summed E-state index contributed by atoms with van der Waals surface area (Å²) < 4.78 is 58.0. The molecule has 2 fully saturated rings. The molecule has 0 spiro atoms. The lowest BCUT2D eigenvalue weighted by Crippen LogP contribution is -2.48. The fraction of sp³-hybridized carbons (Fsp3) is 0.361. The molecule has 0 saturated heterocycles. The van der Waals surface area contributed by atoms with Crippen LogP contribution in [0, 0.1) is 13.8 Å². The van der Waals surface area contributed by atoms with E-state index in [9.17, 15) is 13.2 Å². The molecular weight excluding hydrogens is 647 g/mol. The number of halogens is 1. The number of nitrogens with zero attached hydrogens (tertiary/aromatic N) is 5. The number of aryl methyl sites for hydroxylation is 2. The van der Waals surface area contributed by atoms with Crippen molar-refractivity contribution in [1.29, 1.82) is 0 Å². The van der Waals surface area contributed by atoms with Gasteiger partial charge in [-0.3, -0.25) is 4.79 Å². The Kier molecular flexibility index (Phi) is 7.62. The lowest BCUT2D eigenvalue weighted by Gasteiger charge is -2.40. The van der Waals surface area contributed by atoms with E-state index in [1.807, 2.05) is 38.1 Å². The number of anilines is 1. The molecule has 3 aliphatic rings. The van der Waals surface area contributed by atoms with Gasteiger partial charge in [-0.05, 0) is 75.3 Å². The zero-order valence-corrected chi connectivity index (χ0v) is 28.0. The third-order valence-electron chi connectivity index (χ3n) is 9.65. The Bertz CT molecular complexity index is 2200. The molecule has 11 nitrogen and oxygen atoms in total. The van der Waals surface area contributed by atoms with Crippen molar-refractivity contribution >= 4 is 33.1 Å². The van der Waals surface area contributed by atoms with Crippen LogP contribution in [0.5, 0.6) is 5.88 Å². The highest BCUT2D eigenvalue weighted by molar-refractivity contribution is 7.92. The Morgan fingerprint density at radius 3 is 2.55 bits per heavy atom. The molecule has 3 aromatic heterocycles. The molecular formula is C36H37FN6O5S. The topological polar surface area (TPSA) is 140 Å². The van der Waals surface area contributed by atoms with Crippen LogP contribution in [-0.4, -0.2) is 57.5 Å². The number of sulfonamides is 1. The van der Waals surface area contributed by atoms with Crippen molar-refractivity contribution in [3.05, 3.63) is 88.9 Å². The van der Waals surface area contributed by atoms with E-state index in [1.165, 1.54) is 23.1 Å². The van der Waals surface area contributed by atoms with Gasteiger partial charge in [-0.2, -0.15) is 4.98 Å². The second-order valence-corrected chi connectivity index (χ2v) is 15.1. The molecule has 4 bridgehead atoms. The van der Waals surface area contributed by atoms with Gasteiger partial charge >= 0.3 is 0 Å². The molecule has 49 heavy (non-hydrogen) atoms. The molecule has 5 aromatic rings. The normalized spacial score (nSPS) is 19.9. The van der Waals surface area contributed by atoms with Gasteiger partial charge in [0.1, 0.15) is 23.6 Å². The number of hydrogen-bond acceptors (Lipinski definition) is 9. The molecule has 2 aromatic carbocycles. The molecule has 1 N–H and O–H groups in total. The first kappa shape index (κ1) is 31.4. The number of fused-ring (bicyclic) bond motifs is 5. The van der Waals surface area contributed by atoms with Crippen LogP contribution in [0.2, 0.25) is 0 Å². The maximum Gasteiger partial charge on any atom is 0.264 e. The highest BCUT2D eigenvalue weighted by Gasteiger charge is 2.42. The molecule has 254 valence electrons. The second-order valence-electron chi connectivity index (χ2n) is 13.4.